The van der Waals surface area contributed by atoms with Crippen LogP contribution in [-0.2, 0) is 6.54 Å². The Balaban J connectivity index is 1.57. The van der Waals surface area contributed by atoms with E-state index >= 15 is 0 Å². The lowest BCUT2D eigenvalue weighted by molar-refractivity contribution is 0.367. The Morgan fingerprint density at radius 2 is 1.75 bits per heavy atom. The maximum atomic E-state index is 13.9. The van der Waals surface area contributed by atoms with Crippen molar-refractivity contribution in [3.8, 4) is 11.5 Å². The number of guanidine groups is 1. The lowest BCUT2D eigenvalue weighted by atomic mass is 10.2. The zero-order valence-corrected chi connectivity index (χ0v) is 16.6. The predicted octanol–water partition coefficient (Wildman–Crippen LogP) is 2.74. The van der Waals surface area contributed by atoms with Gasteiger partial charge in [-0.25, -0.2) is 4.39 Å². The first-order chi connectivity index (χ1) is 13.7. The molecule has 7 heteroatoms. The third kappa shape index (κ3) is 4.47. The Morgan fingerprint density at radius 1 is 1.04 bits per heavy atom. The lowest BCUT2D eigenvalue weighted by Gasteiger charge is -2.38. The average Bonchev–Trinajstić information content (AvgIpc) is 2.74. The van der Waals surface area contributed by atoms with Crippen molar-refractivity contribution in [2.24, 2.45) is 4.99 Å². The molecule has 0 aromatic heterocycles. The van der Waals surface area contributed by atoms with Gasteiger partial charge in [-0.1, -0.05) is 18.2 Å². The summed E-state index contributed by atoms with van der Waals surface area (Å²) >= 11 is 0. The van der Waals surface area contributed by atoms with Crippen LogP contribution in [0.25, 0.3) is 0 Å². The van der Waals surface area contributed by atoms with Gasteiger partial charge in [-0.15, -0.1) is 0 Å². The number of rotatable bonds is 5. The molecule has 0 spiro atoms. The summed E-state index contributed by atoms with van der Waals surface area (Å²) in [5.41, 5.74) is 1.95. The summed E-state index contributed by atoms with van der Waals surface area (Å²) in [4.78, 5) is 8.92. The highest BCUT2D eigenvalue weighted by Crippen LogP contribution is 2.28. The van der Waals surface area contributed by atoms with Crippen LogP contribution in [0.3, 0.4) is 0 Å². The van der Waals surface area contributed by atoms with Crippen molar-refractivity contribution in [1.29, 1.82) is 0 Å². The van der Waals surface area contributed by atoms with Crippen LogP contribution in [0.5, 0.6) is 11.5 Å². The third-order valence-electron chi connectivity index (χ3n) is 4.88. The molecular weight excluding hydrogens is 359 g/mol. The van der Waals surface area contributed by atoms with Crippen LogP contribution in [-0.4, -0.2) is 58.3 Å². The Hall–Kier alpha value is -2.96. The van der Waals surface area contributed by atoms with Gasteiger partial charge in [-0.05, 0) is 29.8 Å². The van der Waals surface area contributed by atoms with Gasteiger partial charge >= 0.3 is 0 Å². The number of nitrogens with zero attached hydrogens (tertiary/aromatic N) is 3. The number of benzene rings is 2. The fraction of sp³-hybridized carbons (Fsp3) is 0.381. The molecule has 6 nitrogen and oxygen atoms in total. The molecule has 0 bridgehead atoms. The average molecular weight is 386 g/mol. The van der Waals surface area contributed by atoms with Crippen molar-refractivity contribution in [3.05, 3.63) is 53.8 Å². The summed E-state index contributed by atoms with van der Waals surface area (Å²) in [5.74, 6) is 1.60. The van der Waals surface area contributed by atoms with Crippen molar-refractivity contribution >= 4 is 11.6 Å². The van der Waals surface area contributed by atoms with Gasteiger partial charge in [-0.2, -0.15) is 0 Å². The standard InChI is InChI=1S/C21H27FN4O2/c1-23-21(24-15-16-8-9-19(27-2)17(22)14-16)26-12-10-25(11-13-26)18-6-4-5-7-20(18)28-3/h4-9,14H,10-13,15H2,1-3H3,(H,23,24). The number of nitrogens with one attached hydrogen (secondary N) is 1. The highest BCUT2D eigenvalue weighted by Gasteiger charge is 2.21. The minimum absolute atomic E-state index is 0.251. The van der Waals surface area contributed by atoms with Gasteiger partial charge < -0.3 is 24.6 Å². The van der Waals surface area contributed by atoms with Gasteiger partial charge in [0, 0.05) is 39.8 Å². The number of ether oxygens (including phenoxy) is 2. The zero-order chi connectivity index (χ0) is 19.9. The monoisotopic (exact) mass is 386 g/mol. The molecule has 0 unspecified atom stereocenters. The molecule has 0 atom stereocenters. The van der Waals surface area contributed by atoms with Gasteiger partial charge in [-0.3, -0.25) is 4.99 Å². The fourth-order valence-corrected chi connectivity index (χ4v) is 3.38. The van der Waals surface area contributed by atoms with Crippen molar-refractivity contribution in [2.45, 2.75) is 6.54 Å². The molecule has 1 fully saturated rings. The molecule has 1 N–H and O–H groups in total. The number of halogens is 1. The second-order valence-corrected chi connectivity index (χ2v) is 6.52. The quantitative estimate of drug-likeness (QED) is 0.633. The van der Waals surface area contributed by atoms with E-state index in [1.807, 2.05) is 24.3 Å². The number of anilines is 1. The molecule has 150 valence electrons. The molecule has 1 saturated heterocycles. The minimum Gasteiger partial charge on any atom is -0.495 e. The molecule has 28 heavy (non-hydrogen) atoms. The summed E-state index contributed by atoms with van der Waals surface area (Å²) in [6.45, 7) is 3.93. The van der Waals surface area contributed by atoms with Crippen LogP contribution in [0.4, 0.5) is 10.1 Å². The molecule has 1 aliphatic heterocycles. The number of hydrogen-bond acceptors (Lipinski definition) is 4. The highest BCUT2D eigenvalue weighted by molar-refractivity contribution is 5.80. The molecule has 1 heterocycles. The molecule has 0 radical (unpaired) electrons. The number of para-hydroxylation sites is 2. The Morgan fingerprint density at radius 3 is 2.39 bits per heavy atom. The first-order valence-electron chi connectivity index (χ1n) is 9.32. The zero-order valence-electron chi connectivity index (χ0n) is 16.6. The smallest absolute Gasteiger partial charge is 0.194 e. The number of methoxy groups -OCH3 is 2. The second-order valence-electron chi connectivity index (χ2n) is 6.52. The molecular formula is C21H27FN4O2. The van der Waals surface area contributed by atoms with E-state index in [0.717, 1.165) is 49.1 Å². The van der Waals surface area contributed by atoms with Crippen LogP contribution in [0.2, 0.25) is 0 Å². The molecule has 0 aliphatic carbocycles. The normalized spacial score (nSPS) is 14.8. The lowest BCUT2D eigenvalue weighted by Crippen LogP contribution is -2.52. The summed E-state index contributed by atoms with van der Waals surface area (Å²) < 4.78 is 24.3. The maximum absolute atomic E-state index is 13.9. The van der Waals surface area contributed by atoms with Crippen LogP contribution >= 0.6 is 0 Å². The van der Waals surface area contributed by atoms with E-state index in [4.69, 9.17) is 9.47 Å². The van der Waals surface area contributed by atoms with Crippen molar-refractivity contribution in [2.75, 3.05) is 52.3 Å². The SMILES string of the molecule is CN=C(NCc1ccc(OC)c(F)c1)N1CCN(c2ccccc2OC)CC1. The number of hydrogen-bond donors (Lipinski definition) is 1. The maximum Gasteiger partial charge on any atom is 0.194 e. The summed E-state index contributed by atoms with van der Waals surface area (Å²) in [6.07, 6.45) is 0. The Kier molecular flexibility index (Phi) is 6.57. The van der Waals surface area contributed by atoms with E-state index in [1.165, 1.54) is 13.2 Å². The molecule has 3 rings (SSSR count). The number of piperazine rings is 1. The van der Waals surface area contributed by atoms with Gasteiger partial charge in [0.2, 0.25) is 0 Å². The second kappa shape index (κ2) is 9.30. The van der Waals surface area contributed by atoms with Crippen LogP contribution in [0, 0.1) is 5.82 Å². The minimum atomic E-state index is -0.359. The first-order valence-corrected chi connectivity index (χ1v) is 9.32. The van der Waals surface area contributed by atoms with Crippen molar-refractivity contribution < 1.29 is 13.9 Å². The molecule has 0 saturated carbocycles. The Bertz CT molecular complexity index is 820. The van der Waals surface area contributed by atoms with Gasteiger partial charge in [0.05, 0.1) is 19.9 Å². The van der Waals surface area contributed by atoms with E-state index in [1.54, 1.807) is 20.2 Å². The van der Waals surface area contributed by atoms with Crippen LogP contribution in [0.15, 0.2) is 47.5 Å². The van der Waals surface area contributed by atoms with E-state index < -0.39 is 0 Å². The van der Waals surface area contributed by atoms with Gasteiger partial charge in [0.1, 0.15) is 5.75 Å². The van der Waals surface area contributed by atoms with E-state index in [-0.39, 0.29) is 11.6 Å². The van der Waals surface area contributed by atoms with Crippen LogP contribution in [0.1, 0.15) is 5.56 Å². The van der Waals surface area contributed by atoms with Crippen LogP contribution < -0.4 is 19.7 Å². The van der Waals surface area contributed by atoms with Crippen molar-refractivity contribution in [3.63, 3.8) is 0 Å². The predicted molar refractivity (Wildman–Crippen MR) is 110 cm³/mol. The molecule has 0 amide bonds. The largest absolute Gasteiger partial charge is 0.495 e. The molecule has 2 aromatic carbocycles. The molecule has 1 aliphatic rings. The van der Waals surface area contributed by atoms with E-state index in [2.05, 4.69) is 26.2 Å². The summed E-state index contributed by atoms with van der Waals surface area (Å²) in [7, 11) is 4.93. The fourth-order valence-electron chi connectivity index (χ4n) is 3.38. The highest BCUT2D eigenvalue weighted by atomic mass is 19.1. The van der Waals surface area contributed by atoms with Crippen molar-refractivity contribution in [1.82, 2.24) is 10.2 Å². The molecule has 2 aromatic rings. The summed E-state index contributed by atoms with van der Waals surface area (Å²) in [5, 5.41) is 3.32. The van der Waals surface area contributed by atoms with Gasteiger partial charge in [0.25, 0.3) is 0 Å². The Labute approximate surface area is 165 Å². The number of aliphatic imine (C=N–C) groups is 1. The van der Waals surface area contributed by atoms with Gasteiger partial charge in [0.15, 0.2) is 17.5 Å². The van der Waals surface area contributed by atoms with E-state index in [0.29, 0.717) is 6.54 Å². The topological polar surface area (TPSA) is 49.3 Å². The first kappa shape index (κ1) is 19.8. The van der Waals surface area contributed by atoms with E-state index in [9.17, 15) is 4.39 Å². The third-order valence-corrected chi connectivity index (χ3v) is 4.88. The summed E-state index contributed by atoms with van der Waals surface area (Å²) in [6, 6.07) is 13.0.